The van der Waals surface area contributed by atoms with Crippen LogP contribution in [0.4, 0.5) is 20.2 Å². The molecule has 0 unspecified atom stereocenters. The van der Waals surface area contributed by atoms with E-state index in [2.05, 4.69) is 10.4 Å². The third-order valence-corrected chi connectivity index (χ3v) is 4.29. The number of aromatic nitrogens is 2. The number of hydrogen-bond donors (Lipinski definition) is 1. The molecule has 144 valence electrons. The van der Waals surface area contributed by atoms with E-state index in [4.69, 9.17) is 0 Å². The van der Waals surface area contributed by atoms with Crippen LogP contribution in [0, 0.1) is 35.6 Å². The van der Waals surface area contributed by atoms with Gasteiger partial charge in [0.05, 0.1) is 17.2 Å². The molecular formula is C19H16F2N4O3. The van der Waals surface area contributed by atoms with Crippen molar-refractivity contribution < 1.29 is 18.5 Å². The van der Waals surface area contributed by atoms with Gasteiger partial charge in [-0.25, -0.2) is 8.78 Å². The Labute approximate surface area is 158 Å². The Kier molecular flexibility index (Phi) is 5.16. The van der Waals surface area contributed by atoms with E-state index in [1.54, 1.807) is 31.2 Å². The summed E-state index contributed by atoms with van der Waals surface area (Å²) in [4.78, 5) is 23.3. The van der Waals surface area contributed by atoms with Crippen molar-refractivity contribution in [3.8, 4) is 0 Å². The highest BCUT2D eigenvalue weighted by atomic mass is 19.1. The van der Waals surface area contributed by atoms with Gasteiger partial charge in [0, 0.05) is 11.6 Å². The number of anilines is 1. The lowest BCUT2D eigenvalue weighted by Crippen LogP contribution is -2.17. The predicted octanol–water partition coefficient (Wildman–Crippen LogP) is 3.99. The number of hydrogen-bond acceptors (Lipinski definition) is 4. The Morgan fingerprint density at radius 2 is 1.93 bits per heavy atom. The predicted molar refractivity (Wildman–Crippen MR) is 98.2 cm³/mol. The first-order chi connectivity index (χ1) is 13.3. The maximum absolute atomic E-state index is 13.8. The summed E-state index contributed by atoms with van der Waals surface area (Å²) in [6, 6.07) is 9.43. The summed E-state index contributed by atoms with van der Waals surface area (Å²) in [6.07, 6.45) is 0. The molecule has 0 aliphatic rings. The molecule has 1 amide bonds. The molecule has 0 atom stereocenters. The fourth-order valence-electron chi connectivity index (χ4n) is 2.93. The monoisotopic (exact) mass is 386 g/mol. The molecule has 1 heterocycles. The topological polar surface area (TPSA) is 90.1 Å². The van der Waals surface area contributed by atoms with Gasteiger partial charge in [-0.3, -0.25) is 19.6 Å². The van der Waals surface area contributed by atoms with Crippen molar-refractivity contribution in [2.24, 2.45) is 0 Å². The van der Waals surface area contributed by atoms with E-state index in [-0.39, 0.29) is 29.2 Å². The molecule has 9 heteroatoms. The number of carbonyl (C=O) groups excluding carboxylic acids is 1. The number of nitrogens with zero attached hydrogens (tertiary/aromatic N) is 3. The number of benzene rings is 2. The van der Waals surface area contributed by atoms with Crippen molar-refractivity contribution in [1.82, 2.24) is 9.78 Å². The smallest absolute Gasteiger partial charge is 0.312 e. The second-order valence-electron chi connectivity index (χ2n) is 6.17. The standard InChI is InChI=1S/C19H16F2N4O3/c1-11-18(25(27)28)12(2)24(23-11)10-13-5-3-4-6-15(13)19(26)22-17-8-7-14(20)9-16(17)21/h3-9H,10H2,1-2H3,(H,22,26). The van der Waals surface area contributed by atoms with Crippen LogP contribution in [-0.4, -0.2) is 20.6 Å². The Morgan fingerprint density at radius 3 is 2.57 bits per heavy atom. The van der Waals surface area contributed by atoms with E-state index in [1.807, 2.05) is 0 Å². The summed E-state index contributed by atoms with van der Waals surface area (Å²) < 4.78 is 28.3. The van der Waals surface area contributed by atoms with Gasteiger partial charge in [0.2, 0.25) is 0 Å². The lowest BCUT2D eigenvalue weighted by Gasteiger charge is -2.11. The highest BCUT2D eigenvalue weighted by molar-refractivity contribution is 6.05. The molecule has 2 aromatic carbocycles. The first-order valence-corrected chi connectivity index (χ1v) is 8.30. The minimum Gasteiger partial charge on any atom is -0.319 e. The highest BCUT2D eigenvalue weighted by Crippen LogP contribution is 2.24. The van der Waals surface area contributed by atoms with Crippen LogP contribution in [0.25, 0.3) is 0 Å². The average Bonchev–Trinajstić information content (AvgIpc) is 2.91. The van der Waals surface area contributed by atoms with Crippen LogP contribution in [-0.2, 0) is 6.54 Å². The second kappa shape index (κ2) is 7.55. The number of nitrogens with one attached hydrogen (secondary N) is 1. The van der Waals surface area contributed by atoms with E-state index >= 15 is 0 Å². The summed E-state index contributed by atoms with van der Waals surface area (Å²) in [7, 11) is 0. The van der Waals surface area contributed by atoms with Gasteiger partial charge in [0.1, 0.15) is 23.0 Å². The molecule has 0 radical (unpaired) electrons. The number of amides is 1. The molecule has 3 rings (SSSR count). The van der Waals surface area contributed by atoms with E-state index in [1.165, 1.54) is 11.6 Å². The van der Waals surface area contributed by atoms with E-state index in [0.29, 0.717) is 17.3 Å². The SMILES string of the molecule is Cc1nn(Cc2ccccc2C(=O)Nc2ccc(F)cc2F)c(C)c1[N+](=O)[O-]. The van der Waals surface area contributed by atoms with Crippen LogP contribution in [0.5, 0.6) is 0 Å². The van der Waals surface area contributed by atoms with Crippen molar-refractivity contribution in [3.05, 3.63) is 86.7 Å². The number of halogens is 2. The molecule has 0 saturated heterocycles. The van der Waals surface area contributed by atoms with Crippen LogP contribution < -0.4 is 5.32 Å². The van der Waals surface area contributed by atoms with Crippen LogP contribution in [0.2, 0.25) is 0 Å². The molecule has 0 bridgehead atoms. The maximum Gasteiger partial charge on any atom is 0.312 e. The fraction of sp³-hybridized carbons (Fsp3) is 0.158. The Bertz CT molecular complexity index is 1080. The van der Waals surface area contributed by atoms with E-state index in [9.17, 15) is 23.7 Å². The van der Waals surface area contributed by atoms with Gasteiger partial charge >= 0.3 is 5.69 Å². The number of carbonyl (C=O) groups is 1. The van der Waals surface area contributed by atoms with Gasteiger partial charge in [-0.2, -0.15) is 5.10 Å². The first kappa shape index (κ1) is 19.2. The molecule has 0 spiro atoms. The zero-order valence-corrected chi connectivity index (χ0v) is 15.1. The summed E-state index contributed by atoms with van der Waals surface area (Å²) >= 11 is 0. The normalized spacial score (nSPS) is 10.7. The molecule has 0 aliphatic carbocycles. The van der Waals surface area contributed by atoms with Crippen molar-refractivity contribution in [3.63, 3.8) is 0 Å². The van der Waals surface area contributed by atoms with Crippen LogP contribution >= 0.6 is 0 Å². The third kappa shape index (κ3) is 3.73. The Morgan fingerprint density at radius 1 is 1.21 bits per heavy atom. The highest BCUT2D eigenvalue weighted by Gasteiger charge is 2.23. The van der Waals surface area contributed by atoms with Gasteiger partial charge in [-0.15, -0.1) is 0 Å². The van der Waals surface area contributed by atoms with Gasteiger partial charge in [0.25, 0.3) is 5.91 Å². The quantitative estimate of drug-likeness (QED) is 0.530. The zero-order chi connectivity index (χ0) is 20.4. The van der Waals surface area contributed by atoms with Crippen LogP contribution in [0.3, 0.4) is 0 Å². The molecule has 7 nitrogen and oxygen atoms in total. The maximum atomic E-state index is 13.8. The number of aryl methyl sites for hydroxylation is 1. The summed E-state index contributed by atoms with van der Waals surface area (Å²) in [6.45, 7) is 3.24. The third-order valence-electron chi connectivity index (χ3n) is 4.29. The lowest BCUT2D eigenvalue weighted by atomic mass is 10.1. The van der Waals surface area contributed by atoms with Crippen LogP contribution in [0.1, 0.15) is 27.3 Å². The second-order valence-corrected chi connectivity index (χ2v) is 6.17. The first-order valence-electron chi connectivity index (χ1n) is 8.30. The van der Waals surface area contributed by atoms with Crippen molar-refractivity contribution in [2.45, 2.75) is 20.4 Å². The van der Waals surface area contributed by atoms with Crippen LogP contribution in [0.15, 0.2) is 42.5 Å². The lowest BCUT2D eigenvalue weighted by molar-refractivity contribution is -0.386. The van der Waals surface area contributed by atoms with Crippen molar-refractivity contribution >= 4 is 17.3 Å². The van der Waals surface area contributed by atoms with Gasteiger partial charge in [-0.05, 0) is 37.6 Å². The molecule has 0 saturated carbocycles. The van der Waals surface area contributed by atoms with Crippen molar-refractivity contribution in [1.29, 1.82) is 0 Å². The Balaban J connectivity index is 1.90. The number of rotatable bonds is 5. The molecule has 28 heavy (non-hydrogen) atoms. The molecule has 1 N–H and O–H groups in total. The van der Waals surface area contributed by atoms with E-state index < -0.39 is 22.5 Å². The number of nitro groups is 1. The van der Waals surface area contributed by atoms with Gasteiger partial charge < -0.3 is 5.32 Å². The summed E-state index contributed by atoms with van der Waals surface area (Å²) in [5, 5.41) is 17.8. The summed E-state index contributed by atoms with van der Waals surface area (Å²) in [5.41, 5.74) is 1.21. The molecule has 0 fully saturated rings. The Hall–Kier alpha value is -3.62. The van der Waals surface area contributed by atoms with E-state index in [0.717, 1.165) is 12.1 Å². The molecule has 0 aliphatic heterocycles. The zero-order valence-electron chi connectivity index (χ0n) is 15.1. The minimum atomic E-state index is -0.889. The largest absolute Gasteiger partial charge is 0.319 e. The van der Waals surface area contributed by atoms with Crippen molar-refractivity contribution in [2.75, 3.05) is 5.32 Å². The van der Waals surface area contributed by atoms with Gasteiger partial charge in [-0.1, -0.05) is 18.2 Å². The minimum absolute atomic E-state index is 0.0738. The average molecular weight is 386 g/mol. The van der Waals surface area contributed by atoms with Gasteiger partial charge in [0.15, 0.2) is 0 Å². The summed E-state index contributed by atoms with van der Waals surface area (Å²) in [5.74, 6) is -2.22. The molecular weight excluding hydrogens is 370 g/mol. The fourth-order valence-corrected chi connectivity index (χ4v) is 2.93. The molecule has 3 aromatic rings. The molecule has 1 aromatic heterocycles.